The van der Waals surface area contributed by atoms with Gasteiger partial charge in [0.25, 0.3) is 0 Å². The summed E-state index contributed by atoms with van der Waals surface area (Å²) in [5.74, 6) is 0.759. The molecule has 0 amide bonds. The third kappa shape index (κ3) is 19.2. The predicted octanol–water partition coefficient (Wildman–Crippen LogP) is 0.405. The van der Waals surface area contributed by atoms with Crippen LogP contribution in [0.15, 0.2) is 0 Å². The Labute approximate surface area is 99.7 Å². The first-order valence-electron chi connectivity index (χ1n) is 4.78. The van der Waals surface area contributed by atoms with Crippen molar-refractivity contribution in [1.82, 2.24) is 0 Å². The topological polar surface area (TPSA) is 46.1 Å². The third-order valence-corrected chi connectivity index (χ3v) is 1.96. The van der Waals surface area contributed by atoms with Gasteiger partial charge >= 0.3 is 23.9 Å². The molecule has 0 aromatic heterocycles. The minimum Gasteiger partial charge on any atom is -0.854 e. The van der Waals surface area contributed by atoms with Gasteiger partial charge in [0.05, 0.1) is 0 Å². The van der Waals surface area contributed by atoms with Crippen LogP contribution in [0.5, 0.6) is 0 Å². The Morgan fingerprint density at radius 3 is 1.08 bits per heavy atom. The first-order valence-corrected chi connectivity index (χ1v) is 4.78. The number of hydrogen-bond donors (Lipinski definition) is 0. The second-order valence-electron chi connectivity index (χ2n) is 3.36. The molecule has 0 unspecified atom stereocenters. The van der Waals surface area contributed by atoms with Crippen LogP contribution in [0.1, 0.15) is 40.5 Å². The van der Waals surface area contributed by atoms with Crippen LogP contribution in [0.3, 0.4) is 0 Å². The van der Waals surface area contributed by atoms with Gasteiger partial charge < -0.3 is 10.2 Å². The standard InChI is InChI=1S/2C5H11O.Sn/c2*1-3-5(2)4-6;/h2*5H,3-4H2,1-2H3;/q2*-1;+2/t2*5-;/m00./s1. The van der Waals surface area contributed by atoms with Crippen molar-refractivity contribution in [3.05, 3.63) is 0 Å². The molecule has 2 atom stereocenters. The van der Waals surface area contributed by atoms with Crippen molar-refractivity contribution in [3.8, 4) is 0 Å². The van der Waals surface area contributed by atoms with Crippen LogP contribution in [-0.2, 0) is 0 Å². The monoisotopic (exact) mass is 294 g/mol. The summed E-state index contributed by atoms with van der Waals surface area (Å²) in [4.78, 5) is 0. The van der Waals surface area contributed by atoms with Gasteiger partial charge in [0.1, 0.15) is 0 Å². The molecule has 0 rings (SSSR count). The summed E-state index contributed by atoms with van der Waals surface area (Å²) in [6.45, 7) is 8.15. The van der Waals surface area contributed by atoms with Gasteiger partial charge in [-0.25, -0.2) is 0 Å². The second-order valence-corrected chi connectivity index (χ2v) is 3.36. The normalized spacial score (nSPS) is 13.4. The van der Waals surface area contributed by atoms with E-state index in [1.165, 1.54) is 0 Å². The van der Waals surface area contributed by atoms with E-state index in [2.05, 4.69) is 0 Å². The van der Waals surface area contributed by atoms with Gasteiger partial charge in [-0.15, -0.1) is 13.2 Å². The summed E-state index contributed by atoms with van der Waals surface area (Å²) in [6, 6.07) is 0. The molecular weight excluding hydrogens is 271 g/mol. The molecule has 0 bridgehead atoms. The molecular formula is C10H22O2Sn. The van der Waals surface area contributed by atoms with Crippen molar-refractivity contribution in [2.45, 2.75) is 40.5 Å². The number of hydrogen-bond acceptors (Lipinski definition) is 2. The van der Waals surface area contributed by atoms with E-state index in [1.807, 2.05) is 27.7 Å². The maximum Gasteiger partial charge on any atom is 2.00 e. The van der Waals surface area contributed by atoms with Crippen molar-refractivity contribution >= 4 is 23.9 Å². The fraction of sp³-hybridized carbons (Fsp3) is 1.00. The number of rotatable bonds is 4. The van der Waals surface area contributed by atoms with E-state index in [0.717, 1.165) is 12.8 Å². The van der Waals surface area contributed by atoms with E-state index in [1.54, 1.807) is 0 Å². The molecule has 2 nitrogen and oxygen atoms in total. The summed E-state index contributed by atoms with van der Waals surface area (Å²) in [5, 5.41) is 19.7. The molecule has 0 spiro atoms. The molecule has 78 valence electrons. The second kappa shape index (κ2) is 15.2. The Bertz CT molecular complexity index is 61.3. The quantitative estimate of drug-likeness (QED) is 0.705. The maximum atomic E-state index is 9.86. The molecule has 0 aliphatic carbocycles. The summed E-state index contributed by atoms with van der Waals surface area (Å²) in [5.41, 5.74) is 0. The molecule has 0 saturated carbocycles. The molecule has 0 saturated heterocycles. The molecule has 0 heterocycles. The molecule has 0 aliphatic heterocycles. The van der Waals surface area contributed by atoms with Gasteiger partial charge in [-0.05, 0) is 0 Å². The van der Waals surface area contributed by atoms with Crippen molar-refractivity contribution in [2.75, 3.05) is 13.2 Å². The van der Waals surface area contributed by atoms with E-state index in [-0.39, 0.29) is 37.1 Å². The molecule has 13 heavy (non-hydrogen) atoms. The molecule has 0 fully saturated rings. The molecule has 0 aromatic carbocycles. The van der Waals surface area contributed by atoms with E-state index in [4.69, 9.17) is 0 Å². The Morgan fingerprint density at radius 1 is 0.846 bits per heavy atom. The Balaban J connectivity index is -0.000000143. The van der Waals surface area contributed by atoms with Gasteiger partial charge in [-0.3, -0.25) is 0 Å². The van der Waals surface area contributed by atoms with Crippen molar-refractivity contribution < 1.29 is 10.2 Å². The van der Waals surface area contributed by atoms with Gasteiger partial charge in [0.15, 0.2) is 0 Å². The van der Waals surface area contributed by atoms with Gasteiger partial charge in [0, 0.05) is 0 Å². The van der Waals surface area contributed by atoms with Gasteiger partial charge in [0.2, 0.25) is 0 Å². The minimum absolute atomic E-state index is 0. The fourth-order valence-corrected chi connectivity index (χ4v) is 0.236. The van der Waals surface area contributed by atoms with Crippen LogP contribution in [0.2, 0.25) is 0 Å². The zero-order chi connectivity index (χ0) is 9.98. The zero-order valence-corrected chi connectivity index (χ0v) is 12.2. The van der Waals surface area contributed by atoms with E-state index >= 15 is 0 Å². The Kier molecular flexibility index (Phi) is 22.6. The van der Waals surface area contributed by atoms with Crippen LogP contribution >= 0.6 is 0 Å². The van der Waals surface area contributed by atoms with Gasteiger partial charge in [-0.2, -0.15) is 0 Å². The van der Waals surface area contributed by atoms with Crippen LogP contribution in [0.4, 0.5) is 0 Å². The van der Waals surface area contributed by atoms with E-state index in [9.17, 15) is 10.2 Å². The van der Waals surface area contributed by atoms with Crippen LogP contribution in [-0.4, -0.2) is 37.1 Å². The third-order valence-electron chi connectivity index (χ3n) is 1.96. The molecule has 0 aromatic rings. The van der Waals surface area contributed by atoms with Crippen LogP contribution in [0.25, 0.3) is 0 Å². The molecule has 0 N–H and O–H groups in total. The summed E-state index contributed by atoms with van der Waals surface area (Å²) < 4.78 is 0. The zero-order valence-electron chi connectivity index (χ0n) is 9.30. The van der Waals surface area contributed by atoms with Crippen molar-refractivity contribution in [2.24, 2.45) is 11.8 Å². The summed E-state index contributed by atoms with van der Waals surface area (Å²) in [6.07, 6.45) is 2.03. The first kappa shape index (κ1) is 19.3. The predicted molar refractivity (Wildman–Crippen MR) is 54.4 cm³/mol. The molecule has 0 aliphatic rings. The van der Waals surface area contributed by atoms with E-state index in [0.29, 0.717) is 11.8 Å². The Hall–Kier alpha value is 0.719. The summed E-state index contributed by atoms with van der Waals surface area (Å²) in [7, 11) is 0. The van der Waals surface area contributed by atoms with Crippen LogP contribution in [0, 0.1) is 11.8 Å². The molecule has 2 radical (unpaired) electrons. The smallest absolute Gasteiger partial charge is 0.854 e. The average molecular weight is 293 g/mol. The van der Waals surface area contributed by atoms with Crippen molar-refractivity contribution in [3.63, 3.8) is 0 Å². The fourth-order valence-electron chi connectivity index (χ4n) is 0.236. The SMILES string of the molecule is CC[C@H](C)C[O-].CC[C@H](C)C[O-].[Sn+2]. The maximum absolute atomic E-state index is 9.86. The molecule has 3 heteroatoms. The Morgan fingerprint density at radius 2 is 1.08 bits per heavy atom. The largest absolute Gasteiger partial charge is 2.00 e. The van der Waals surface area contributed by atoms with Crippen LogP contribution < -0.4 is 10.2 Å². The van der Waals surface area contributed by atoms with Crippen molar-refractivity contribution in [1.29, 1.82) is 0 Å². The minimum atomic E-state index is 0. The summed E-state index contributed by atoms with van der Waals surface area (Å²) >= 11 is 0. The first-order chi connectivity index (χ1) is 5.62. The average Bonchev–Trinajstić information content (AvgIpc) is 2.16. The van der Waals surface area contributed by atoms with Gasteiger partial charge in [-0.1, -0.05) is 52.4 Å². The van der Waals surface area contributed by atoms with E-state index < -0.39 is 0 Å².